The fraction of sp³-hybridized carbons (Fsp3) is 0.500. The minimum absolute atomic E-state index is 0.114. The van der Waals surface area contributed by atoms with Gasteiger partial charge in [-0.15, -0.1) is 0 Å². The van der Waals surface area contributed by atoms with Crippen LogP contribution in [-0.2, 0) is 14.4 Å². The average Bonchev–Trinajstić information content (AvgIpc) is 3.21. The number of carbonyl (C=O) groups excluding carboxylic acids is 3. The molecule has 2 saturated carbocycles. The molecule has 0 spiro atoms. The molecule has 1 saturated heterocycles. The number of benzene rings is 1. The molecule has 0 radical (unpaired) electrons. The van der Waals surface area contributed by atoms with Crippen LogP contribution in [0.25, 0.3) is 0 Å². The van der Waals surface area contributed by atoms with Crippen LogP contribution in [0.3, 0.4) is 0 Å². The van der Waals surface area contributed by atoms with Crippen molar-refractivity contribution in [3.8, 4) is 0 Å². The van der Waals surface area contributed by atoms with E-state index >= 15 is 0 Å². The van der Waals surface area contributed by atoms with E-state index < -0.39 is 17.8 Å². The van der Waals surface area contributed by atoms with Gasteiger partial charge >= 0.3 is 0 Å². The zero-order chi connectivity index (χ0) is 18.7. The molecule has 26 heavy (non-hydrogen) atoms. The molecule has 2 bridgehead atoms. The average molecular weight is 488 g/mol. The second kappa shape index (κ2) is 6.41. The molecular formula is C18H17Br2FN2O3. The molecule has 0 aromatic heterocycles. The zero-order valence-corrected chi connectivity index (χ0v) is 17.0. The molecule has 1 aromatic rings. The van der Waals surface area contributed by atoms with E-state index in [2.05, 4.69) is 37.2 Å². The van der Waals surface area contributed by atoms with Crippen molar-refractivity contribution >= 4 is 55.3 Å². The van der Waals surface area contributed by atoms with Crippen LogP contribution >= 0.6 is 31.9 Å². The molecule has 1 heterocycles. The summed E-state index contributed by atoms with van der Waals surface area (Å²) in [6.07, 6.45) is 0.850. The molecule has 7 atom stereocenters. The van der Waals surface area contributed by atoms with Crippen LogP contribution in [-0.4, -0.2) is 38.3 Å². The van der Waals surface area contributed by atoms with Gasteiger partial charge in [0.15, 0.2) is 0 Å². The Balaban J connectivity index is 1.53. The molecule has 1 N–H and O–H groups in total. The van der Waals surface area contributed by atoms with Crippen molar-refractivity contribution in [3.63, 3.8) is 0 Å². The Labute approximate surface area is 166 Å². The summed E-state index contributed by atoms with van der Waals surface area (Å²) in [6, 6.07) is 4.44. The van der Waals surface area contributed by atoms with Crippen LogP contribution < -0.4 is 5.32 Å². The van der Waals surface area contributed by atoms with Crippen LogP contribution in [0, 0.1) is 29.5 Å². The summed E-state index contributed by atoms with van der Waals surface area (Å²) in [6.45, 7) is 1.55. The largest absolute Gasteiger partial charge is 0.324 e. The standard InChI is InChI=1S/C18H17Br2FN2O3/c1-7(16(24)22-9-4-2-8(21)3-5-9)23-17(25)12-10-6-11(13(12)18(23)26)15(20)14(10)19/h2-5,7,10-15H,6H2,1H3,(H,22,24)/t7-,10+,11+,12-,13+,14-,15+/m1/s1. The van der Waals surface area contributed by atoms with Gasteiger partial charge in [-0.1, -0.05) is 31.9 Å². The predicted octanol–water partition coefficient (Wildman–Crippen LogP) is 2.93. The third-order valence-electron chi connectivity index (χ3n) is 5.90. The molecule has 3 aliphatic rings. The van der Waals surface area contributed by atoms with E-state index in [1.165, 1.54) is 24.3 Å². The number of hydrogen-bond donors (Lipinski definition) is 1. The lowest BCUT2D eigenvalue weighted by Crippen LogP contribution is -2.46. The lowest BCUT2D eigenvalue weighted by atomic mass is 9.81. The zero-order valence-electron chi connectivity index (χ0n) is 13.9. The van der Waals surface area contributed by atoms with E-state index in [9.17, 15) is 18.8 Å². The minimum atomic E-state index is -0.910. The van der Waals surface area contributed by atoms with Crippen LogP contribution in [0.5, 0.6) is 0 Å². The van der Waals surface area contributed by atoms with Crippen LogP contribution in [0.1, 0.15) is 13.3 Å². The summed E-state index contributed by atoms with van der Waals surface area (Å²) in [4.78, 5) is 39.8. The molecule has 3 fully saturated rings. The molecular weight excluding hydrogens is 471 g/mol. The van der Waals surface area contributed by atoms with Crippen molar-refractivity contribution in [3.05, 3.63) is 30.1 Å². The van der Waals surface area contributed by atoms with Crippen molar-refractivity contribution in [2.24, 2.45) is 23.7 Å². The molecule has 4 rings (SSSR count). The maximum absolute atomic E-state index is 13.0. The SMILES string of the molecule is C[C@H](C(=O)Nc1ccc(F)cc1)N1C(=O)[C@@H]2[C@@H]3C[C@H]([C@H](Br)[C@@H]3Br)[C@@H]2C1=O. The van der Waals surface area contributed by atoms with Gasteiger partial charge in [-0.05, 0) is 49.4 Å². The van der Waals surface area contributed by atoms with E-state index in [0.29, 0.717) is 5.69 Å². The number of anilines is 1. The van der Waals surface area contributed by atoms with Crippen LogP contribution in [0.15, 0.2) is 24.3 Å². The Hall–Kier alpha value is -1.28. The molecule has 1 aliphatic heterocycles. The summed E-state index contributed by atoms with van der Waals surface area (Å²) >= 11 is 7.28. The van der Waals surface area contributed by atoms with E-state index in [1.54, 1.807) is 6.92 Å². The number of imide groups is 1. The highest BCUT2D eigenvalue weighted by Crippen LogP contribution is 2.60. The van der Waals surface area contributed by atoms with Gasteiger partial charge in [0.1, 0.15) is 11.9 Å². The second-order valence-corrected chi connectivity index (χ2v) is 9.34. The molecule has 0 unspecified atom stereocenters. The molecule has 3 amide bonds. The number of amides is 3. The summed E-state index contributed by atoms with van der Waals surface area (Å²) in [5.74, 6) is -1.82. The first-order valence-corrected chi connectivity index (χ1v) is 10.4. The number of nitrogens with one attached hydrogen (secondary N) is 1. The van der Waals surface area contributed by atoms with E-state index in [-0.39, 0.29) is 45.1 Å². The number of alkyl halides is 2. The first kappa shape index (κ1) is 18.1. The monoisotopic (exact) mass is 486 g/mol. The van der Waals surface area contributed by atoms with Gasteiger partial charge in [-0.3, -0.25) is 19.3 Å². The highest BCUT2D eigenvalue weighted by atomic mass is 79.9. The Morgan fingerprint density at radius 3 is 2.12 bits per heavy atom. The highest BCUT2D eigenvalue weighted by molar-refractivity contribution is 9.12. The van der Waals surface area contributed by atoms with Crippen molar-refractivity contribution < 1.29 is 18.8 Å². The molecule has 8 heteroatoms. The number of halogens is 3. The molecule has 1 aromatic carbocycles. The summed E-state index contributed by atoms with van der Waals surface area (Å²) in [5.41, 5.74) is 0.420. The van der Waals surface area contributed by atoms with Gasteiger partial charge in [0.2, 0.25) is 17.7 Å². The molecule has 2 aliphatic carbocycles. The topological polar surface area (TPSA) is 66.5 Å². The van der Waals surface area contributed by atoms with Crippen molar-refractivity contribution in [2.45, 2.75) is 29.0 Å². The van der Waals surface area contributed by atoms with Crippen LogP contribution in [0.2, 0.25) is 0 Å². The quantitative estimate of drug-likeness (QED) is 0.526. The van der Waals surface area contributed by atoms with Gasteiger partial charge in [0.25, 0.3) is 0 Å². The number of carbonyl (C=O) groups is 3. The Kier molecular flexibility index (Phi) is 4.46. The number of fused-ring (bicyclic) bond motifs is 5. The minimum Gasteiger partial charge on any atom is -0.324 e. The van der Waals surface area contributed by atoms with E-state index in [1.807, 2.05) is 0 Å². The normalized spacial score (nSPS) is 36.4. The van der Waals surface area contributed by atoms with Crippen molar-refractivity contribution in [1.29, 1.82) is 0 Å². The lowest BCUT2D eigenvalue weighted by Gasteiger charge is -2.28. The number of rotatable bonds is 3. The lowest BCUT2D eigenvalue weighted by molar-refractivity contribution is -0.146. The maximum Gasteiger partial charge on any atom is 0.247 e. The summed E-state index contributed by atoms with van der Waals surface area (Å²) in [7, 11) is 0. The summed E-state index contributed by atoms with van der Waals surface area (Å²) in [5, 5.41) is 2.64. The number of hydrogen-bond acceptors (Lipinski definition) is 3. The smallest absolute Gasteiger partial charge is 0.247 e. The fourth-order valence-electron chi connectivity index (χ4n) is 4.65. The van der Waals surface area contributed by atoms with E-state index in [4.69, 9.17) is 0 Å². The van der Waals surface area contributed by atoms with Gasteiger partial charge in [0, 0.05) is 15.3 Å². The highest BCUT2D eigenvalue weighted by Gasteiger charge is 2.67. The Morgan fingerprint density at radius 1 is 1.12 bits per heavy atom. The van der Waals surface area contributed by atoms with Crippen molar-refractivity contribution in [2.75, 3.05) is 5.32 Å². The third-order valence-corrected chi connectivity index (χ3v) is 9.11. The van der Waals surface area contributed by atoms with Gasteiger partial charge < -0.3 is 5.32 Å². The van der Waals surface area contributed by atoms with Gasteiger partial charge in [-0.2, -0.15) is 0 Å². The molecule has 5 nitrogen and oxygen atoms in total. The maximum atomic E-state index is 13.0. The first-order valence-electron chi connectivity index (χ1n) is 8.52. The molecule has 138 valence electrons. The van der Waals surface area contributed by atoms with Gasteiger partial charge in [-0.25, -0.2) is 4.39 Å². The van der Waals surface area contributed by atoms with Gasteiger partial charge in [0.05, 0.1) is 11.8 Å². The van der Waals surface area contributed by atoms with Crippen molar-refractivity contribution in [1.82, 2.24) is 4.90 Å². The van der Waals surface area contributed by atoms with E-state index in [0.717, 1.165) is 11.3 Å². The number of nitrogens with zero attached hydrogens (tertiary/aromatic N) is 1. The Morgan fingerprint density at radius 2 is 1.62 bits per heavy atom. The second-order valence-electron chi connectivity index (χ2n) is 7.22. The Bertz CT molecular complexity index is 755. The number of likely N-dealkylation sites (tertiary alicyclic amines) is 1. The third kappa shape index (κ3) is 2.56. The summed E-state index contributed by atoms with van der Waals surface area (Å²) < 4.78 is 13.0. The first-order chi connectivity index (χ1) is 12.3. The predicted molar refractivity (Wildman–Crippen MR) is 100 cm³/mol. The van der Waals surface area contributed by atoms with Crippen LogP contribution in [0.4, 0.5) is 10.1 Å². The fourth-order valence-corrected chi connectivity index (χ4v) is 6.52.